The Morgan fingerprint density at radius 2 is 1.79 bits per heavy atom. The van der Waals surface area contributed by atoms with Gasteiger partial charge < -0.3 is 10.5 Å². The SMILES string of the molecule is CC1(C)Cc2ccc(/C=N/O)cc2/C(=C/C(=O)C23CC4CC(CC(C4)C2)C3)N1. The van der Waals surface area contributed by atoms with Gasteiger partial charge in [-0.15, -0.1) is 0 Å². The fraction of sp³-hybridized carbons (Fsp3) is 0.583. The Hall–Kier alpha value is -2.10. The van der Waals surface area contributed by atoms with Gasteiger partial charge in [0.1, 0.15) is 0 Å². The first kappa shape index (κ1) is 18.0. The molecule has 0 saturated heterocycles. The molecular formula is C24H30N2O2. The standard InChI is InChI=1S/C24H30N2O2/c1-23(2)13-19-4-3-15(14-25-28)8-20(19)21(26-23)9-22(27)24-10-16-5-17(11-24)7-18(6-16)12-24/h3-4,8-9,14,16-18,26,28H,5-7,10-13H2,1-2H3/b21-9-,25-14+. The Morgan fingerprint density at radius 3 is 2.39 bits per heavy atom. The van der Waals surface area contributed by atoms with E-state index in [4.69, 9.17) is 5.21 Å². The lowest BCUT2D eigenvalue weighted by atomic mass is 9.48. The largest absolute Gasteiger partial charge is 0.411 e. The van der Waals surface area contributed by atoms with Crippen molar-refractivity contribution in [3.63, 3.8) is 0 Å². The van der Waals surface area contributed by atoms with E-state index in [2.05, 4.69) is 30.4 Å². The van der Waals surface area contributed by atoms with E-state index >= 15 is 0 Å². The molecule has 148 valence electrons. The number of nitrogens with zero attached hydrogens (tertiary/aromatic N) is 1. The summed E-state index contributed by atoms with van der Waals surface area (Å²) in [5, 5.41) is 15.7. The minimum Gasteiger partial charge on any atom is -0.411 e. The summed E-state index contributed by atoms with van der Waals surface area (Å²) in [4.78, 5) is 13.6. The molecule has 28 heavy (non-hydrogen) atoms. The third-order valence-electron chi connectivity index (χ3n) is 7.57. The second kappa shape index (κ2) is 6.20. The maximum atomic E-state index is 13.6. The average Bonchev–Trinajstić information content (AvgIpc) is 2.60. The zero-order valence-electron chi connectivity index (χ0n) is 16.9. The van der Waals surface area contributed by atoms with Gasteiger partial charge in [-0.3, -0.25) is 4.79 Å². The maximum absolute atomic E-state index is 13.6. The number of hydrogen-bond donors (Lipinski definition) is 2. The van der Waals surface area contributed by atoms with E-state index in [1.807, 2.05) is 18.2 Å². The summed E-state index contributed by atoms with van der Waals surface area (Å²) < 4.78 is 0. The van der Waals surface area contributed by atoms with Crippen molar-refractivity contribution in [2.24, 2.45) is 28.3 Å². The van der Waals surface area contributed by atoms with Crippen LogP contribution in [0.2, 0.25) is 0 Å². The number of fused-ring (bicyclic) bond motifs is 1. The predicted molar refractivity (Wildman–Crippen MR) is 110 cm³/mol. The van der Waals surface area contributed by atoms with Gasteiger partial charge in [0.2, 0.25) is 0 Å². The van der Waals surface area contributed by atoms with Crippen LogP contribution >= 0.6 is 0 Å². The van der Waals surface area contributed by atoms with Crippen molar-refractivity contribution in [2.45, 2.75) is 64.3 Å². The van der Waals surface area contributed by atoms with Gasteiger partial charge in [0.25, 0.3) is 0 Å². The van der Waals surface area contributed by atoms with Gasteiger partial charge in [0, 0.05) is 28.3 Å². The molecule has 1 heterocycles. The van der Waals surface area contributed by atoms with Gasteiger partial charge in [-0.05, 0) is 93.7 Å². The van der Waals surface area contributed by atoms with E-state index in [0.717, 1.165) is 60.3 Å². The molecule has 4 saturated carbocycles. The third kappa shape index (κ3) is 2.98. The molecule has 0 unspecified atom stereocenters. The minimum absolute atomic E-state index is 0.0901. The van der Waals surface area contributed by atoms with E-state index in [9.17, 15) is 4.79 Å². The highest BCUT2D eigenvalue weighted by Gasteiger charge is 2.54. The Morgan fingerprint density at radius 1 is 1.14 bits per heavy atom. The van der Waals surface area contributed by atoms with Crippen molar-refractivity contribution >= 4 is 17.7 Å². The van der Waals surface area contributed by atoms with Gasteiger partial charge in [-0.1, -0.05) is 17.3 Å². The van der Waals surface area contributed by atoms with Crippen molar-refractivity contribution in [2.75, 3.05) is 0 Å². The van der Waals surface area contributed by atoms with Crippen LogP contribution < -0.4 is 5.32 Å². The number of oxime groups is 1. The summed E-state index contributed by atoms with van der Waals surface area (Å²) >= 11 is 0. The lowest BCUT2D eigenvalue weighted by Gasteiger charge is -2.55. The van der Waals surface area contributed by atoms with Crippen molar-refractivity contribution in [3.05, 3.63) is 41.0 Å². The van der Waals surface area contributed by atoms with E-state index in [0.29, 0.717) is 5.78 Å². The van der Waals surface area contributed by atoms with Gasteiger partial charge in [0.05, 0.1) is 6.21 Å². The summed E-state index contributed by atoms with van der Waals surface area (Å²) in [5.41, 5.74) is 3.87. The predicted octanol–water partition coefficient (Wildman–Crippen LogP) is 4.55. The van der Waals surface area contributed by atoms with E-state index < -0.39 is 0 Å². The molecule has 0 radical (unpaired) electrons. The second-order valence-electron chi connectivity index (χ2n) is 10.5. The first-order chi connectivity index (χ1) is 13.4. The van der Waals surface area contributed by atoms with Crippen LogP contribution in [0, 0.1) is 23.2 Å². The molecular weight excluding hydrogens is 348 g/mol. The Kier molecular flexibility index (Phi) is 3.98. The molecule has 4 aliphatic carbocycles. The van der Waals surface area contributed by atoms with Crippen LogP contribution in [0.25, 0.3) is 5.70 Å². The monoisotopic (exact) mass is 378 g/mol. The van der Waals surface area contributed by atoms with Gasteiger partial charge >= 0.3 is 0 Å². The van der Waals surface area contributed by atoms with Crippen LogP contribution in [-0.4, -0.2) is 22.7 Å². The number of ketones is 1. The third-order valence-corrected chi connectivity index (χ3v) is 7.57. The van der Waals surface area contributed by atoms with Gasteiger partial charge in [0.15, 0.2) is 5.78 Å². The highest BCUT2D eigenvalue weighted by atomic mass is 16.4. The number of benzene rings is 1. The van der Waals surface area contributed by atoms with E-state index in [-0.39, 0.29) is 11.0 Å². The van der Waals surface area contributed by atoms with Crippen molar-refractivity contribution < 1.29 is 10.0 Å². The number of hydrogen-bond acceptors (Lipinski definition) is 4. The first-order valence-electron chi connectivity index (χ1n) is 10.7. The molecule has 0 atom stereocenters. The fourth-order valence-electron chi connectivity index (χ4n) is 6.91. The fourth-order valence-corrected chi connectivity index (χ4v) is 6.91. The van der Waals surface area contributed by atoms with Crippen LogP contribution in [0.3, 0.4) is 0 Å². The van der Waals surface area contributed by atoms with Crippen LogP contribution in [0.1, 0.15) is 69.1 Å². The van der Waals surface area contributed by atoms with Crippen LogP contribution in [0.4, 0.5) is 0 Å². The molecule has 4 bridgehead atoms. The highest BCUT2D eigenvalue weighted by Crippen LogP contribution is 2.60. The van der Waals surface area contributed by atoms with Gasteiger partial charge in [-0.2, -0.15) is 0 Å². The average molecular weight is 379 g/mol. The number of carbonyl (C=O) groups is 1. The highest BCUT2D eigenvalue weighted by molar-refractivity contribution is 6.01. The molecule has 0 amide bonds. The maximum Gasteiger partial charge on any atom is 0.163 e. The lowest BCUT2D eigenvalue weighted by molar-refractivity contribution is -0.138. The van der Waals surface area contributed by atoms with E-state index in [1.54, 1.807) is 0 Å². The zero-order valence-corrected chi connectivity index (χ0v) is 16.9. The summed E-state index contributed by atoms with van der Waals surface area (Å²) in [6, 6.07) is 6.09. The molecule has 2 N–H and O–H groups in total. The zero-order chi connectivity index (χ0) is 19.5. The molecule has 4 heteroatoms. The molecule has 5 aliphatic rings. The van der Waals surface area contributed by atoms with Crippen molar-refractivity contribution in [1.29, 1.82) is 0 Å². The quantitative estimate of drug-likeness (QED) is 0.351. The van der Waals surface area contributed by atoms with Gasteiger partial charge in [-0.25, -0.2) is 0 Å². The molecule has 4 nitrogen and oxygen atoms in total. The number of rotatable bonds is 3. The molecule has 1 aliphatic heterocycles. The van der Waals surface area contributed by atoms with Crippen LogP contribution in [0.15, 0.2) is 29.4 Å². The number of allylic oxidation sites excluding steroid dienone is 1. The normalized spacial score (nSPS) is 36.5. The topological polar surface area (TPSA) is 61.7 Å². The molecule has 1 aromatic rings. The van der Waals surface area contributed by atoms with E-state index in [1.165, 1.54) is 31.0 Å². The Bertz CT molecular complexity index is 845. The Labute approximate surface area is 167 Å². The van der Waals surface area contributed by atoms with Crippen LogP contribution in [-0.2, 0) is 11.2 Å². The van der Waals surface area contributed by atoms with Crippen LogP contribution in [0.5, 0.6) is 0 Å². The second-order valence-corrected chi connectivity index (χ2v) is 10.5. The minimum atomic E-state index is -0.116. The Balaban J connectivity index is 1.52. The molecule has 6 rings (SSSR count). The summed E-state index contributed by atoms with van der Waals surface area (Å²) in [7, 11) is 0. The number of carbonyl (C=O) groups excluding carboxylic acids is 1. The van der Waals surface area contributed by atoms with Crippen molar-refractivity contribution in [1.82, 2.24) is 5.32 Å². The molecule has 0 aromatic heterocycles. The summed E-state index contributed by atoms with van der Waals surface area (Å²) in [5.74, 6) is 2.64. The smallest absolute Gasteiger partial charge is 0.163 e. The molecule has 4 fully saturated rings. The summed E-state index contributed by atoms with van der Waals surface area (Å²) in [6.07, 6.45) is 11.6. The first-order valence-corrected chi connectivity index (χ1v) is 10.7. The summed E-state index contributed by atoms with van der Waals surface area (Å²) in [6.45, 7) is 4.37. The molecule has 1 aromatic carbocycles. The number of nitrogens with one attached hydrogen (secondary N) is 1. The lowest BCUT2D eigenvalue weighted by Crippen LogP contribution is -2.50. The van der Waals surface area contributed by atoms with Crippen molar-refractivity contribution in [3.8, 4) is 0 Å². The molecule has 0 spiro atoms.